The molecular formula is C21H25Cl2F3O4S2. The van der Waals surface area contributed by atoms with Crippen molar-refractivity contribution in [3.63, 3.8) is 0 Å². The Bertz CT molecular complexity index is 1160. The molecule has 2 aromatic carbocycles. The lowest BCUT2D eigenvalue weighted by Gasteiger charge is -2.20. The molecule has 0 aromatic heterocycles. The van der Waals surface area contributed by atoms with Crippen molar-refractivity contribution in [3.8, 4) is 0 Å². The van der Waals surface area contributed by atoms with E-state index in [0.717, 1.165) is 16.7 Å². The average Bonchev–Trinajstić information content (AvgIpc) is 2.63. The van der Waals surface area contributed by atoms with Crippen molar-refractivity contribution in [2.24, 2.45) is 0 Å². The Morgan fingerprint density at radius 1 is 0.688 bits per heavy atom. The molecule has 0 aliphatic heterocycles. The van der Waals surface area contributed by atoms with Crippen LogP contribution >= 0.6 is 21.4 Å². The van der Waals surface area contributed by atoms with Crippen molar-refractivity contribution in [2.45, 2.75) is 69.1 Å². The topological polar surface area (TPSA) is 68.3 Å². The van der Waals surface area contributed by atoms with Crippen LogP contribution in [0.3, 0.4) is 0 Å². The molecule has 0 amide bonds. The van der Waals surface area contributed by atoms with Gasteiger partial charge in [0, 0.05) is 21.4 Å². The van der Waals surface area contributed by atoms with Gasteiger partial charge in [0.15, 0.2) is 17.5 Å². The molecule has 0 atom stereocenters. The molecule has 0 unspecified atom stereocenters. The van der Waals surface area contributed by atoms with E-state index in [2.05, 4.69) is 13.8 Å². The highest BCUT2D eigenvalue weighted by Crippen LogP contribution is 2.36. The smallest absolute Gasteiger partial charge is 0.207 e. The lowest BCUT2D eigenvalue weighted by atomic mass is 9.89. The van der Waals surface area contributed by atoms with Gasteiger partial charge in [0.2, 0.25) is 0 Å². The number of halogens is 5. The zero-order valence-corrected chi connectivity index (χ0v) is 21.5. The van der Waals surface area contributed by atoms with Crippen molar-refractivity contribution >= 4 is 39.5 Å². The summed E-state index contributed by atoms with van der Waals surface area (Å²) >= 11 is 0. The number of benzene rings is 2. The van der Waals surface area contributed by atoms with Crippen molar-refractivity contribution < 1.29 is 30.0 Å². The van der Waals surface area contributed by atoms with E-state index >= 15 is 0 Å². The second-order valence-electron chi connectivity index (χ2n) is 8.04. The van der Waals surface area contributed by atoms with Crippen LogP contribution < -0.4 is 0 Å². The van der Waals surface area contributed by atoms with Crippen LogP contribution in [0.4, 0.5) is 13.2 Å². The van der Waals surface area contributed by atoms with Crippen LogP contribution in [0.1, 0.15) is 76.0 Å². The summed E-state index contributed by atoms with van der Waals surface area (Å²) < 4.78 is 82.4. The summed E-state index contributed by atoms with van der Waals surface area (Å²) in [5.74, 6) is -4.53. The molecule has 0 heterocycles. The van der Waals surface area contributed by atoms with Crippen molar-refractivity contribution in [1.29, 1.82) is 0 Å². The van der Waals surface area contributed by atoms with Gasteiger partial charge in [-0.1, -0.05) is 53.7 Å². The molecule has 4 nitrogen and oxygen atoms in total. The molecule has 0 saturated heterocycles. The van der Waals surface area contributed by atoms with Gasteiger partial charge in [-0.2, -0.15) is 0 Å². The maximum atomic E-state index is 12.7. The molecule has 0 bridgehead atoms. The summed E-state index contributed by atoms with van der Waals surface area (Å²) in [6, 6.07) is 5.00. The highest BCUT2D eigenvalue weighted by Gasteiger charge is 2.25. The quantitative estimate of drug-likeness (QED) is 0.306. The second-order valence-corrected chi connectivity index (χ2v) is 13.1. The van der Waals surface area contributed by atoms with Gasteiger partial charge in [-0.3, -0.25) is 0 Å². The van der Waals surface area contributed by atoms with Crippen LogP contribution in [0.25, 0.3) is 0 Å². The molecule has 0 aliphatic carbocycles. The van der Waals surface area contributed by atoms with E-state index in [1.54, 1.807) is 0 Å². The zero-order chi connectivity index (χ0) is 25.2. The first-order valence-corrected chi connectivity index (χ1v) is 14.2. The van der Waals surface area contributed by atoms with Gasteiger partial charge in [-0.15, -0.1) is 0 Å². The Balaban J connectivity index is 0.000000343. The van der Waals surface area contributed by atoms with Gasteiger partial charge >= 0.3 is 0 Å². The van der Waals surface area contributed by atoms with Crippen LogP contribution in [-0.2, 0) is 18.1 Å². The Kier molecular flexibility index (Phi) is 9.66. The first-order chi connectivity index (χ1) is 14.4. The van der Waals surface area contributed by atoms with Crippen molar-refractivity contribution in [1.82, 2.24) is 0 Å². The summed E-state index contributed by atoms with van der Waals surface area (Å²) in [7, 11) is 2.29. The summed E-state index contributed by atoms with van der Waals surface area (Å²) in [6.07, 6.45) is 0. The predicted octanol–water partition coefficient (Wildman–Crippen LogP) is 7.02. The molecule has 0 radical (unpaired) electrons. The minimum absolute atomic E-state index is 0.125. The summed E-state index contributed by atoms with van der Waals surface area (Å²) in [5.41, 5.74) is 2.81. The predicted molar refractivity (Wildman–Crippen MR) is 121 cm³/mol. The lowest BCUT2D eigenvalue weighted by Crippen LogP contribution is -2.08. The SMILES string of the molecule is CC(C)c1cc(C(C)C)c(S(=O)(=O)Cl)c(C(C)C)c1.O=S(=O)(Cl)c1ccc(F)c(F)c1F. The number of rotatable bonds is 5. The highest BCUT2D eigenvalue weighted by molar-refractivity contribution is 8.14. The third-order valence-electron chi connectivity index (χ3n) is 4.59. The minimum Gasteiger partial charge on any atom is -0.207 e. The van der Waals surface area contributed by atoms with Gasteiger partial charge in [-0.05, 0) is 46.6 Å². The monoisotopic (exact) mass is 532 g/mol. The van der Waals surface area contributed by atoms with Crippen LogP contribution in [0.2, 0.25) is 0 Å². The van der Waals surface area contributed by atoms with E-state index in [1.165, 1.54) is 0 Å². The van der Waals surface area contributed by atoms with Gasteiger partial charge < -0.3 is 0 Å². The normalized spacial score (nSPS) is 12.3. The fraction of sp³-hybridized carbons (Fsp3) is 0.429. The molecule has 0 spiro atoms. The molecule has 2 rings (SSSR count). The maximum Gasteiger partial charge on any atom is 0.264 e. The van der Waals surface area contributed by atoms with E-state index in [9.17, 15) is 30.0 Å². The highest BCUT2D eigenvalue weighted by atomic mass is 35.7. The van der Waals surface area contributed by atoms with Gasteiger partial charge in [0.05, 0.1) is 4.90 Å². The van der Waals surface area contributed by atoms with Crippen LogP contribution in [-0.4, -0.2) is 16.8 Å². The van der Waals surface area contributed by atoms with Crippen molar-refractivity contribution in [2.75, 3.05) is 0 Å². The molecule has 180 valence electrons. The molecule has 0 aliphatic rings. The number of hydrogen-bond acceptors (Lipinski definition) is 4. The standard InChI is InChI=1S/C15H23ClO2S.C6H2ClF3O2S/c1-9(2)12-7-13(10(3)4)15(19(16,17)18)14(8-12)11(5)6;7-13(11,12)4-2-1-3(8)5(9)6(4)10/h7-11H,1-6H3;1-2H. The molecule has 0 N–H and O–H groups in total. The lowest BCUT2D eigenvalue weighted by molar-refractivity contribution is 0.433. The van der Waals surface area contributed by atoms with Crippen LogP contribution in [0.15, 0.2) is 34.1 Å². The average molecular weight is 533 g/mol. The molecule has 2 aromatic rings. The number of hydrogen-bond donors (Lipinski definition) is 0. The van der Waals surface area contributed by atoms with E-state index < -0.39 is 40.4 Å². The Morgan fingerprint density at radius 2 is 1.12 bits per heavy atom. The van der Waals surface area contributed by atoms with Crippen molar-refractivity contribution in [3.05, 3.63) is 58.4 Å². The molecule has 0 fully saturated rings. The van der Waals surface area contributed by atoms with Crippen LogP contribution in [0, 0.1) is 17.5 Å². The van der Waals surface area contributed by atoms with Gasteiger partial charge in [0.1, 0.15) is 4.90 Å². The Morgan fingerprint density at radius 3 is 1.44 bits per heavy atom. The van der Waals surface area contributed by atoms with E-state index in [-0.39, 0.29) is 11.8 Å². The summed E-state index contributed by atoms with van der Waals surface area (Å²) in [5, 5.41) is 0. The first-order valence-electron chi connectivity index (χ1n) is 9.60. The molecule has 0 saturated carbocycles. The minimum atomic E-state index is -4.38. The van der Waals surface area contributed by atoms with Crippen LogP contribution in [0.5, 0.6) is 0 Å². The molecular weight excluding hydrogens is 508 g/mol. The maximum absolute atomic E-state index is 12.7. The third-order valence-corrected chi connectivity index (χ3v) is 7.35. The zero-order valence-electron chi connectivity index (χ0n) is 18.4. The molecule has 32 heavy (non-hydrogen) atoms. The van der Waals surface area contributed by atoms with E-state index in [0.29, 0.717) is 22.9 Å². The first kappa shape index (κ1) is 28.7. The Hall–Kier alpha value is -1.29. The Labute approximate surface area is 196 Å². The molecule has 11 heteroatoms. The third kappa shape index (κ3) is 7.10. The second kappa shape index (κ2) is 10.8. The summed E-state index contributed by atoms with van der Waals surface area (Å²) in [4.78, 5) is -0.767. The fourth-order valence-electron chi connectivity index (χ4n) is 2.87. The largest absolute Gasteiger partial charge is 0.264 e. The fourth-order valence-corrected chi connectivity index (χ4v) is 5.45. The summed E-state index contributed by atoms with van der Waals surface area (Å²) in [6.45, 7) is 12.2. The van der Waals surface area contributed by atoms with Gasteiger partial charge in [-0.25, -0.2) is 30.0 Å². The van der Waals surface area contributed by atoms with Gasteiger partial charge in [0.25, 0.3) is 18.1 Å². The van der Waals surface area contributed by atoms with E-state index in [4.69, 9.17) is 21.4 Å². The van der Waals surface area contributed by atoms with E-state index in [1.807, 2.05) is 39.8 Å².